The highest BCUT2D eigenvalue weighted by Gasteiger charge is 2.33. The van der Waals surface area contributed by atoms with Crippen LogP contribution in [0.4, 0.5) is 0 Å². The summed E-state index contributed by atoms with van der Waals surface area (Å²) in [5.74, 6) is 6.68. The number of hydrogen-bond donors (Lipinski definition) is 4. The van der Waals surface area contributed by atoms with Gasteiger partial charge in [-0.05, 0) is 41.5 Å². The summed E-state index contributed by atoms with van der Waals surface area (Å²) in [7, 11) is 0. The lowest BCUT2D eigenvalue weighted by atomic mass is 9.83. The minimum absolute atomic E-state index is 0.0410. The van der Waals surface area contributed by atoms with E-state index >= 15 is 0 Å². The second-order valence-electron chi connectivity index (χ2n) is 13.9. The number of amides is 3. The molecule has 326 valence electrons. The van der Waals surface area contributed by atoms with Crippen molar-refractivity contribution in [3.05, 3.63) is 59.7 Å². The van der Waals surface area contributed by atoms with Gasteiger partial charge in [-0.3, -0.25) is 19.7 Å². The number of carbonyl (C=O) groups is 3. The summed E-state index contributed by atoms with van der Waals surface area (Å²) >= 11 is 0. The average Bonchev–Trinajstić information content (AvgIpc) is 3.58. The summed E-state index contributed by atoms with van der Waals surface area (Å²) in [4.78, 5) is 39.5. The van der Waals surface area contributed by atoms with Crippen molar-refractivity contribution in [1.29, 1.82) is 0 Å². The fourth-order valence-electron chi connectivity index (χ4n) is 6.62. The van der Waals surface area contributed by atoms with E-state index < -0.39 is 5.54 Å². The van der Waals surface area contributed by atoms with Crippen LogP contribution in [0, 0.1) is 37.0 Å². The number of hydrogen-bond acceptors (Lipinski definition) is 11. The predicted molar refractivity (Wildman–Crippen MR) is 229 cm³/mol. The van der Waals surface area contributed by atoms with Crippen LogP contribution in [0.5, 0.6) is 0 Å². The van der Waals surface area contributed by atoms with Crippen LogP contribution in [0.1, 0.15) is 55.6 Å². The van der Waals surface area contributed by atoms with Crippen molar-refractivity contribution in [2.45, 2.75) is 50.0 Å². The van der Waals surface area contributed by atoms with Gasteiger partial charge in [-0.1, -0.05) is 66.3 Å². The van der Waals surface area contributed by atoms with Gasteiger partial charge in [-0.2, -0.15) is 0 Å². The Hall–Kier alpha value is -4.79. The van der Waals surface area contributed by atoms with E-state index in [1.807, 2.05) is 24.3 Å². The van der Waals surface area contributed by atoms with E-state index in [0.717, 1.165) is 0 Å². The van der Waals surface area contributed by atoms with E-state index in [0.29, 0.717) is 105 Å². The Balaban J connectivity index is 1.65. The molecule has 0 saturated carbocycles. The topological polar surface area (TPSA) is 164 Å². The number of benzene rings is 2. The molecule has 0 bridgehead atoms. The van der Waals surface area contributed by atoms with Crippen LogP contribution < -0.4 is 21.3 Å². The van der Waals surface area contributed by atoms with Crippen molar-refractivity contribution >= 4 is 17.7 Å². The van der Waals surface area contributed by atoms with Gasteiger partial charge in [-0.15, -0.1) is 19.3 Å². The second kappa shape index (κ2) is 31.1. The van der Waals surface area contributed by atoms with Gasteiger partial charge < -0.3 is 49.1 Å². The molecule has 0 aliphatic heterocycles. The Labute approximate surface area is 355 Å². The van der Waals surface area contributed by atoms with Crippen molar-refractivity contribution < 1.29 is 47.5 Å². The standard InChI is InChI=1S/C46H62N4O10/c1-4-24-54-30-33-57-27-21-47-43(51)15-18-46(19-16-44(52)48-22-28-58-34-31-55-25-5-2,20-17-45(53)49-23-29-59-35-32-56-26-6-3)50-37-60-36-42-40-13-9-7-11-38(40)39-12-8-10-14-41(39)42/h1-3,7-14,42,50H,15-37H2,(H,47,51)(H,48,52)(H,49,53). The zero-order valence-corrected chi connectivity index (χ0v) is 34.8. The lowest BCUT2D eigenvalue weighted by Gasteiger charge is -2.35. The Morgan fingerprint density at radius 1 is 0.517 bits per heavy atom. The van der Waals surface area contributed by atoms with Gasteiger partial charge in [0.1, 0.15) is 19.8 Å². The predicted octanol–water partition coefficient (Wildman–Crippen LogP) is 2.79. The molecule has 0 unspecified atom stereocenters. The molecule has 0 radical (unpaired) electrons. The summed E-state index contributed by atoms with van der Waals surface area (Å²) in [5.41, 5.74) is 3.97. The Morgan fingerprint density at radius 2 is 0.883 bits per heavy atom. The highest BCUT2D eigenvalue weighted by molar-refractivity contribution is 5.79. The minimum Gasteiger partial charge on any atom is -0.377 e. The van der Waals surface area contributed by atoms with Crippen LogP contribution >= 0.6 is 0 Å². The van der Waals surface area contributed by atoms with E-state index in [2.05, 4.69) is 63.3 Å². The third kappa shape index (κ3) is 20.0. The van der Waals surface area contributed by atoms with Gasteiger partial charge in [0.25, 0.3) is 0 Å². The number of fused-ring (bicyclic) bond motifs is 3. The van der Waals surface area contributed by atoms with Crippen LogP contribution in [0.25, 0.3) is 11.1 Å². The molecule has 1 aliphatic carbocycles. The molecular weight excluding hydrogens is 769 g/mol. The molecule has 0 heterocycles. The summed E-state index contributed by atoms with van der Waals surface area (Å²) in [6.07, 6.45) is 17.0. The van der Waals surface area contributed by atoms with Crippen LogP contribution in [0.15, 0.2) is 48.5 Å². The highest BCUT2D eigenvalue weighted by atomic mass is 16.5. The van der Waals surface area contributed by atoms with Gasteiger partial charge in [-0.25, -0.2) is 0 Å². The van der Waals surface area contributed by atoms with Crippen molar-refractivity contribution in [2.75, 3.05) is 112 Å². The normalized spacial score (nSPS) is 11.8. The Morgan fingerprint density at radius 3 is 1.27 bits per heavy atom. The largest absolute Gasteiger partial charge is 0.377 e. The quantitative estimate of drug-likeness (QED) is 0.0459. The van der Waals surface area contributed by atoms with Crippen molar-refractivity contribution in [3.63, 3.8) is 0 Å². The summed E-state index contributed by atoms with van der Waals surface area (Å²) in [6.45, 7) is 5.16. The molecule has 60 heavy (non-hydrogen) atoms. The molecule has 0 atom stereocenters. The van der Waals surface area contributed by atoms with Crippen LogP contribution in [-0.4, -0.2) is 136 Å². The van der Waals surface area contributed by atoms with Crippen LogP contribution in [0.2, 0.25) is 0 Å². The third-order valence-corrected chi connectivity index (χ3v) is 9.67. The van der Waals surface area contributed by atoms with Gasteiger partial charge in [0.15, 0.2) is 0 Å². The zero-order valence-electron chi connectivity index (χ0n) is 34.8. The van der Waals surface area contributed by atoms with Gasteiger partial charge in [0, 0.05) is 50.4 Å². The first-order valence-electron chi connectivity index (χ1n) is 20.5. The maximum absolute atomic E-state index is 13.2. The molecule has 0 fully saturated rings. The molecule has 1 aliphatic rings. The second-order valence-corrected chi connectivity index (χ2v) is 13.9. The minimum atomic E-state index is -0.821. The molecule has 2 aromatic carbocycles. The first kappa shape index (κ1) is 49.6. The molecule has 0 saturated heterocycles. The summed E-state index contributed by atoms with van der Waals surface area (Å²) < 4.78 is 38.6. The zero-order chi connectivity index (χ0) is 42.9. The van der Waals surface area contributed by atoms with Crippen molar-refractivity contribution in [3.8, 4) is 48.2 Å². The number of nitrogens with one attached hydrogen (secondary N) is 4. The molecule has 4 N–H and O–H groups in total. The maximum atomic E-state index is 13.2. The number of rotatable bonds is 35. The highest BCUT2D eigenvalue weighted by Crippen LogP contribution is 2.44. The molecule has 0 spiro atoms. The van der Waals surface area contributed by atoms with Crippen molar-refractivity contribution in [2.24, 2.45) is 0 Å². The number of terminal acetylenes is 3. The fraction of sp³-hybridized carbons (Fsp3) is 0.543. The van der Waals surface area contributed by atoms with Gasteiger partial charge in [0.05, 0.1) is 72.8 Å². The lowest BCUT2D eigenvalue weighted by molar-refractivity contribution is -0.122. The van der Waals surface area contributed by atoms with Gasteiger partial charge >= 0.3 is 0 Å². The number of ether oxygens (including phenoxy) is 7. The van der Waals surface area contributed by atoms with Crippen LogP contribution in [0.3, 0.4) is 0 Å². The molecule has 14 nitrogen and oxygen atoms in total. The lowest BCUT2D eigenvalue weighted by Crippen LogP contribution is -2.49. The van der Waals surface area contributed by atoms with E-state index in [9.17, 15) is 14.4 Å². The van der Waals surface area contributed by atoms with Crippen LogP contribution in [-0.2, 0) is 47.5 Å². The Kier molecular flexibility index (Phi) is 25.7. The summed E-state index contributed by atoms with van der Waals surface area (Å²) in [6, 6.07) is 16.7. The molecule has 3 rings (SSSR count). The smallest absolute Gasteiger partial charge is 0.220 e. The average molecular weight is 831 g/mol. The third-order valence-electron chi connectivity index (χ3n) is 9.67. The molecule has 2 aromatic rings. The Bertz CT molecular complexity index is 1530. The summed E-state index contributed by atoms with van der Waals surface area (Å²) in [5, 5.41) is 12.3. The number of carbonyl (C=O) groups excluding carboxylic acids is 3. The van der Waals surface area contributed by atoms with Gasteiger partial charge in [0.2, 0.25) is 17.7 Å². The fourth-order valence-corrected chi connectivity index (χ4v) is 6.62. The SMILES string of the molecule is C#CCOCCOCCNC(=O)CCC(CCC(=O)NCCOCCOCC#C)(CCC(=O)NCCOCCOCC#C)NCOCC1c2ccccc2-c2ccccc21. The van der Waals surface area contributed by atoms with E-state index in [4.69, 9.17) is 52.4 Å². The van der Waals surface area contributed by atoms with E-state index in [1.165, 1.54) is 22.3 Å². The maximum Gasteiger partial charge on any atom is 0.220 e. The van der Waals surface area contributed by atoms with E-state index in [-0.39, 0.29) is 69.5 Å². The first-order chi connectivity index (χ1) is 29.4. The van der Waals surface area contributed by atoms with Crippen molar-refractivity contribution in [1.82, 2.24) is 21.3 Å². The van der Waals surface area contributed by atoms with E-state index in [1.54, 1.807) is 0 Å². The molecule has 14 heteroatoms. The molecular formula is C46H62N4O10. The molecule has 0 aromatic heterocycles. The first-order valence-corrected chi connectivity index (χ1v) is 20.5. The molecule has 3 amide bonds. The monoisotopic (exact) mass is 830 g/mol.